The van der Waals surface area contributed by atoms with Gasteiger partial charge in [0.2, 0.25) is 11.8 Å². The second-order valence-corrected chi connectivity index (χ2v) is 11.9. The summed E-state index contributed by atoms with van der Waals surface area (Å²) < 4.78 is 29.3. The SMILES string of the molecule is C[C@@H](C(=O)NC1CCCC1)N(Cc1ccc(Br)cc1)C(=O)CN(c1ccccc1)S(=O)(=O)N(C)C. The van der Waals surface area contributed by atoms with Crippen molar-refractivity contribution in [1.29, 1.82) is 0 Å². The zero-order chi connectivity index (χ0) is 25.6. The molecule has 2 amide bonds. The van der Waals surface area contributed by atoms with Gasteiger partial charge in [0.25, 0.3) is 0 Å². The predicted molar refractivity (Wildman–Crippen MR) is 141 cm³/mol. The molecule has 0 spiro atoms. The minimum absolute atomic E-state index is 0.115. The van der Waals surface area contributed by atoms with Crippen LogP contribution in [-0.4, -0.2) is 62.2 Å². The van der Waals surface area contributed by atoms with E-state index in [1.165, 1.54) is 19.0 Å². The first kappa shape index (κ1) is 27.2. The molecule has 1 saturated carbocycles. The summed E-state index contributed by atoms with van der Waals surface area (Å²) >= 11 is 3.41. The summed E-state index contributed by atoms with van der Waals surface area (Å²) in [6.45, 7) is 1.44. The van der Waals surface area contributed by atoms with E-state index in [1.807, 2.05) is 24.3 Å². The third-order valence-corrected chi connectivity index (χ3v) is 8.55. The van der Waals surface area contributed by atoms with Crippen LogP contribution in [0.4, 0.5) is 5.69 Å². The Morgan fingerprint density at radius 1 is 1.03 bits per heavy atom. The summed E-state index contributed by atoms with van der Waals surface area (Å²) in [5.41, 5.74) is 1.21. The maximum atomic E-state index is 13.7. The van der Waals surface area contributed by atoms with Crippen molar-refractivity contribution in [2.24, 2.45) is 0 Å². The van der Waals surface area contributed by atoms with E-state index in [4.69, 9.17) is 0 Å². The molecule has 3 rings (SSSR count). The monoisotopic (exact) mass is 564 g/mol. The molecule has 0 aliphatic heterocycles. The summed E-state index contributed by atoms with van der Waals surface area (Å²) in [6, 6.07) is 15.3. The van der Waals surface area contributed by atoms with Gasteiger partial charge in [0, 0.05) is 31.2 Å². The maximum absolute atomic E-state index is 13.7. The standard InChI is InChI=1S/C25H33BrN4O4S/c1-19(25(32)27-22-9-7-8-10-22)29(17-20-13-15-21(26)16-14-20)24(31)18-30(35(33,34)28(2)3)23-11-5-4-6-12-23/h4-6,11-16,19,22H,7-10,17-18H2,1-3H3,(H,27,32)/t19-/m0/s1. The lowest BCUT2D eigenvalue weighted by Crippen LogP contribution is -2.53. The Morgan fingerprint density at radius 3 is 2.20 bits per heavy atom. The lowest BCUT2D eigenvalue weighted by atomic mass is 10.1. The van der Waals surface area contributed by atoms with E-state index in [0.29, 0.717) is 5.69 Å². The second kappa shape index (κ2) is 12.0. The molecule has 2 aromatic carbocycles. The van der Waals surface area contributed by atoms with Crippen LogP contribution < -0.4 is 9.62 Å². The molecule has 0 heterocycles. The summed E-state index contributed by atoms with van der Waals surface area (Å²) in [5, 5.41) is 3.06. The summed E-state index contributed by atoms with van der Waals surface area (Å²) in [4.78, 5) is 28.2. The maximum Gasteiger partial charge on any atom is 0.304 e. The summed E-state index contributed by atoms with van der Waals surface area (Å²) in [7, 11) is -1.10. The minimum atomic E-state index is -3.95. The van der Waals surface area contributed by atoms with Crippen molar-refractivity contribution in [3.8, 4) is 0 Å². The number of nitrogens with zero attached hydrogens (tertiary/aromatic N) is 3. The molecular weight excluding hydrogens is 532 g/mol. The van der Waals surface area contributed by atoms with Crippen LogP contribution in [0.3, 0.4) is 0 Å². The lowest BCUT2D eigenvalue weighted by Gasteiger charge is -2.33. The highest BCUT2D eigenvalue weighted by atomic mass is 79.9. The van der Waals surface area contributed by atoms with Gasteiger partial charge in [0.05, 0.1) is 5.69 Å². The van der Waals surface area contributed by atoms with Crippen molar-refractivity contribution in [3.05, 3.63) is 64.6 Å². The van der Waals surface area contributed by atoms with Gasteiger partial charge in [-0.05, 0) is 49.6 Å². The lowest BCUT2D eigenvalue weighted by molar-refractivity contribution is -0.139. The molecular formula is C25H33BrN4O4S. The third-order valence-electron chi connectivity index (χ3n) is 6.20. The number of amides is 2. The molecule has 1 aliphatic rings. The van der Waals surface area contributed by atoms with Gasteiger partial charge in [-0.3, -0.25) is 9.59 Å². The Balaban J connectivity index is 1.89. The Hall–Kier alpha value is -2.43. The largest absolute Gasteiger partial charge is 0.352 e. The number of carbonyl (C=O) groups excluding carboxylic acids is 2. The predicted octanol–water partition coefficient (Wildman–Crippen LogP) is 3.54. The summed E-state index contributed by atoms with van der Waals surface area (Å²) in [5.74, 6) is -0.694. The molecule has 10 heteroatoms. The number of benzene rings is 2. The molecule has 1 aliphatic carbocycles. The number of hydrogen-bond donors (Lipinski definition) is 1. The number of hydrogen-bond acceptors (Lipinski definition) is 4. The Morgan fingerprint density at radius 2 is 1.63 bits per heavy atom. The average molecular weight is 566 g/mol. The topological polar surface area (TPSA) is 90.0 Å². The van der Waals surface area contributed by atoms with E-state index < -0.39 is 28.7 Å². The van der Waals surface area contributed by atoms with E-state index in [0.717, 1.165) is 44.3 Å². The zero-order valence-electron chi connectivity index (χ0n) is 20.4. The quantitative estimate of drug-likeness (QED) is 0.478. The van der Waals surface area contributed by atoms with Crippen LogP contribution in [0.25, 0.3) is 0 Å². The molecule has 0 bridgehead atoms. The van der Waals surface area contributed by atoms with Crippen LogP contribution in [0.2, 0.25) is 0 Å². The highest BCUT2D eigenvalue weighted by Crippen LogP contribution is 2.22. The van der Waals surface area contributed by atoms with Gasteiger partial charge in [-0.1, -0.05) is 59.1 Å². The van der Waals surface area contributed by atoms with Gasteiger partial charge < -0.3 is 10.2 Å². The van der Waals surface area contributed by atoms with Crippen LogP contribution in [0.15, 0.2) is 59.1 Å². The molecule has 0 aromatic heterocycles. The molecule has 1 N–H and O–H groups in total. The summed E-state index contributed by atoms with van der Waals surface area (Å²) in [6.07, 6.45) is 4.02. The van der Waals surface area contributed by atoms with E-state index in [9.17, 15) is 18.0 Å². The van der Waals surface area contributed by atoms with Crippen LogP contribution in [-0.2, 0) is 26.3 Å². The van der Waals surface area contributed by atoms with Gasteiger partial charge in [0.15, 0.2) is 0 Å². The Bertz CT molecular complexity index is 1100. The second-order valence-electron chi connectivity index (χ2n) is 8.95. The van der Waals surface area contributed by atoms with Gasteiger partial charge in [-0.25, -0.2) is 4.31 Å². The van der Waals surface area contributed by atoms with Crippen molar-refractivity contribution in [3.63, 3.8) is 0 Å². The van der Waals surface area contributed by atoms with Gasteiger partial charge in [0.1, 0.15) is 12.6 Å². The van der Waals surface area contributed by atoms with E-state index in [2.05, 4.69) is 21.2 Å². The van der Waals surface area contributed by atoms with Crippen LogP contribution in [0, 0.1) is 0 Å². The molecule has 1 fully saturated rings. The fourth-order valence-corrected chi connectivity index (χ4v) is 5.39. The highest BCUT2D eigenvalue weighted by Gasteiger charge is 2.33. The van der Waals surface area contributed by atoms with Crippen LogP contribution in [0.1, 0.15) is 38.2 Å². The van der Waals surface area contributed by atoms with Crippen LogP contribution >= 0.6 is 15.9 Å². The average Bonchev–Trinajstić information content (AvgIpc) is 3.35. The Kier molecular flexibility index (Phi) is 9.32. The zero-order valence-corrected chi connectivity index (χ0v) is 22.8. The number of nitrogens with one attached hydrogen (secondary N) is 1. The number of anilines is 1. The smallest absolute Gasteiger partial charge is 0.304 e. The van der Waals surface area contributed by atoms with Crippen molar-refractivity contribution in [2.45, 2.75) is 51.2 Å². The van der Waals surface area contributed by atoms with Crippen molar-refractivity contribution < 1.29 is 18.0 Å². The normalized spacial score (nSPS) is 15.1. The number of rotatable bonds is 10. The van der Waals surface area contributed by atoms with Crippen LogP contribution in [0.5, 0.6) is 0 Å². The number of carbonyl (C=O) groups is 2. The number of para-hydroxylation sites is 1. The first-order valence-electron chi connectivity index (χ1n) is 11.7. The third kappa shape index (κ3) is 7.05. The highest BCUT2D eigenvalue weighted by molar-refractivity contribution is 9.10. The molecule has 1 atom stereocenters. The first-order chi connectivity index (χ1) is 16.6. The number of halogens is 1. The van der Waals surface area contributed by atoms with E-state index >= 15 is 0 Å². The minimum Gasteiger partial charge on any atom is -0.352 e. The Labute approximate surface area is 216 Å². The molecule has 0 radical (unpaired) electrons. The van der Waals surface area contributed by atoms with Crippen molar-refractivity contribution >= 4 is 43.6 Å². The molecule has 0 unspecified atom stereocenters. The van der Waals surface area contributed by atoms with Gasteiger partial charge in [-0.15, -0.1) is 0 Å². The molecule has 0 saturated heterocycles. The molecule has 2 aromatic rings. The molecule has 8 nitrogen and oxygen atoms in total. The molecule has 35 heavy (non-hydrogen) atoms. The van der Waals surface area contributed by atoms with Crippen molar-refractivity contribution in [2.75, 3.05) is 24.9 Å². The van der Waals surface area contributed by atoms with Gasteiger partial charge in [-0.2, -0.15) is 12.7 Å². The van der Waals surface area contributed by atoms with E-state index in [1.54, 1.807) is 37.3 Å². The first-order valence-corrected chi connectivity index (χ1v) is 13.9. The van der Waals surface area contributed by atoms with Gasteiger partial charge >= 0.3 is 10.2 Å². The van der Waals surface area contributed by atoms with Crippen molar-refractivity contribution in [1.82, 2.24) is 14.5 Å². The van der Waals surface area contributed by atoms with E-state index in [-0.39, 0.29) is 18.5 Å². The fraction of sp³-hybridized carbons (Fsp3) is 0.440. The molecule has 190 valence electrons. The fourth-order valence-electron chi connectivity index (χ4n) is 4.07.